The topological polar surface area (TPSA) is 78.9 Å². The summed E-state index contributed by atoms with van der Waals surface area (Å²) in [5.74, 6) is -0.143. The van der Waals surface area contributed by atoms with Crippen LogP contribution in [0.3, 0.4) is 0 Å². The van der Waals surface area contributed by atoms with Crippen molar-refractivity contribution in [2.75, 3.05) is 11.9 Å². The number of carbonyl (C=O) groups excluding carboxylic acids is 1. The number of nitrogens with one attached hydrogen (secondary N) is 1. The first kappa shape index (κ1) is 11.7. The summed E-state index contributed by atoms with van der Waals surface area (Å²) < 4.78 is 0. The summed E-state index contributed by atoms with van der Waals surface area (Å²) in [6.07, 6.45) is 0.279. The van der Waals surface area contributed by atoms with Gasteiger partial charge in [-0.25, -0.2) is 0 Å². The normalized spacial score (nSPS) is 9.73. The number of hydrogen-bond acceptors (Lipinski definition) is 4. The van der Waals surface area contributed by atoms with Gasteiger partial charge in [0.1, 0.15) is 11.1 Å². The molecule has 0 aliphatic rings. The average molecular weight is 223 g/mol. The van der Waals surface area contributed by atoms with E-state index in [0.717, 1.165) is 10.4 Å². The summed E-state index contributed by atoms with van der Waals surface area (Å²) in [4.78, 5) is 12.4. The Kier molecular flexibility index (Phi) is 3.83. The molecule has 0 saturated carbocycles. The summed E-state index contributed by atoms with van der Waals surface area (Å²) >= 11 is 1.42. The Labute approximate surface area is 92.7 Å². The lowest BCUT2D eigenvalue weighted by Gasteiger charge is -2.00. The number of thiophene rings is 1. The largest absolute Gasteiger partial charge is 0.330 e. The number of anilines is 1. The summed E-state index contributed by atoms with van der Waals surface area (Å²) in [6, 6.07) is 2.10. The summed E-state index contributed by atoms with van der Waals surface area (Å²) in [5, 5.41) is 12.3. The molecule has 0 aliphatic heterocycles. The predicted octanol–water partition coefficient (Wildman–Crippen LogP) is 1.52. The Bertz CT molecular complexity index is 417. The van der Waals surface area contributed by atoms with Crippen molar-refractivity contribution in [3.05, 3.63) is 16.0 Å². The van der Waals surface area contributed by atoms with Crippen molar-refractivity contribution >= 4 is 22.2 Å². The second-order valence-corrected chi connectivity index (χ2v) is 4.41. The highest BCUT2D eigenvalue weighted by molar-refractivity contribution is 7.16. The minimum Gasteiger partial charge on any atom is -0.330 e. The number of nitrogens with two attached hydrogens (primary N) is 1. The molecule has 1 aromatic heterocycles. The highest BCUT2D eigenvalue weighted by atomic mass is 32.1. The van der Waals surface area contributed by atoms with E-state index in [4.69, 9.17) is 11.0 Å². The van der Waals surface area contributed by atoms with Crippen molar-refractivity contribution < 1.29 is 4.79 Å². The van der Waals surface area contributed by atoms with Crippen LogP contribution < -0.4 is 11.1 Å². The fourth-order valence-electron chi connectivity index (χ4n) is 1.17. The average Bonchev–Trinajstić information content (AvgIpc) is 2.42. The van der Waals surface area contributed by atoms with E-state index in [1.807, 2.05) is 13.8 Å². The molecule has 1 rings (SSSR count). The Balaban J connectivity index is 2.91. The van der Waals surface area contributed by atoms with Gasteiger partial charge >= 0.3 is 0 Å². The number of rotatable bonds is 3. The van der Waals surface area contributed by atoms with E-state index in [9.17, 15) is 4.79 Å². The molecule has 1 heterocycles. The first-order chi connectivity index (χ1) is 7.10. The molecule has 3 N–H and O–H groups in total. The van der Waals surface area contributed by atoms with Crippen molar-refractivity contribution in [2.45, 2.75) is 20.3 Å². The van der Waals surface area contributed by atoms with Crippen LogP contribution >= 0.6 is 11.3 Å². The molecule has 80 valence electrons. The molecule has 0 aliphatic carbocycles. The van der Waals surface area contributed by atoms with E-state index in [0.29, 0.717) is 17.1 Å². The van der Waals surface area contributed by atoms with Gasteiger partial charge in [-0.3, -0.25) is 4.79 Å². The van der Waals surface area contributed by atoms with Crippen molar-refractivity contribution in [2.24, 2.45) is 5.73 Å². The van der Waals surface area contributed by atoms with Gasteiger partial charge in [0, 0.05) is 17.8 Å². The second kappa shape index (κ2) is 4.91. The van der Waals surface area contributed by atoms with Gasteiger partial charge < -0.3 is 11.1 Å². The van der Waals surface area contributed by atoms with Gasteiger partial charge in [0.15, 0.2) is 0 Å². The number of hydrogen-bond donors (Lipinski definition) is 2. The van der Waals surface area contributed by atoms with Gasteiger partial charge in [0.2, 0.25) is 5.91 Å². The van der Waals surface area contributed by atoms with E-state index >= 15 is 0 Å². The molecule has 0 saturated heterocycles. The SMILES string of the molecule is Cc1sc(NC(=O)CCN)c(C#N)c1C. The third-order valence-corrected chi connectivity index (χ3v) is 3.24. The maximum atomic E-state index is 11.3. The van der Waals surface area contributed by atoms with Crippen LogP contribution in [0.1, 0.15) is 22.4 Å². The summed E-state index contributed by atoms with van der Waals surface area (Å²) in [6.45, 7) is 4.12. The zero-order valence-corrected chi connectivity index (χ0v) is 9.57. The van der Waals surface area contributed by atoms with E-state index < -0.39 is 0 Å². The van der Waals surface area contributed by atoms with Gasteiger partial charge in [0.25, 0.3) is 0 Å². The Morgan fingerprint density at radius 1 is 1.60 bits per heavy atom. The van der Waals surface area contributed by atoms with Crippen LogP contribution in [0.15, 0.2) is 0 Å². The van der Waals surface area contributed by atoms with Gasteiger partial charge in [-0.1, -0.05) is 0 Å². The van der Waals surface area contributed by atoms with Crippen molar-refractivity contribution in [3.63, 3.8) is 0 Å². The monoisotopic (exact) mass is 223 g/mol. The molecule has 0 radical (unpaired) electrons. The number of aryl methyl sites for hydroxylation is 1. The van der Waals surface area contributed by atoms with Crippen LogP contribution in [0.4, 0.5) is 5.00 Å². The van der Waals surface area contributed by atoms with Crippen LogP contribution in [0.2, 0.25) is 0 Å². The molecule has 0 bridgehead atoms. The van der Waals surface area contributed by atoms with Crippen molar-refractivity contribution in [1.82, 2.24) is 0 Å². The fourth-order valence-corrected chi connectivity index (χ4v) is 2.20. The standard InChI is InChI=1S/C10H13N3OS/c1-6-7(2)15-10(8(6)5-12)13-9(14)3-4-11/h3-4,11H2,1-2H3,(H,13,14). The zero-order chi connectivity index (χ0) is 11.4. The molecular formula is C10H13N3OS. The molecule has 4 nitrogen and oxygen atoms in total. The maximum Gasteiger partial charge on any atom is 0.226 e. The van der Waals surface area contributed by atoms with Gasteiger partial charge in [0.05, 0.1) is 5.56 Å². The first-order valence-corrected chi connectivity index (χ1v) is 5.41. The first-order valence-electron chi connectivity index (χ1n) is 4.60. The number of nitriles is 1. The third-order valence-electron chi connectivity index (χ3n) is 2.12. The molecule has 0 unspecified atom stereocenters. The van der Waals surface area contributed by atoms with Crippen molar-refractivity contribution in [3.8, 4) is 6.07 Å². The van der Waals surface area contributed by atoms with Crippen LogP contribution in [0.5, 0.6) is 0 Å². The summed E-state index contributed by atoms with van der Waals surface area (Å²) in [5.41, 5.74) is 6.76. The Morgan fingerprint density at radius 2 is 2.27 bits per heavy atom. The van der Waals surface area contributed by atoms with Crippen molar-refractivity contribution in [1.29, 1.82) is 5.26 Å². The highest BCUT2D eigenvalue weighted by Crippen LogP contribution is 2.31. The van der Waals surface area contributed by atoms with Gasteiger partial charge in [-0.05, 0) is 19.4 Å². The smallest absolute Gasteiger partial charge is 0.226 e. The lowest BCUT2D eigenvalue weighted by Crippen LogP contribution is -2.16. The number of carbonyl (C=O) groups is 1. The minimum atomic E-state index is -0.143. The van der Waals surface area contributed by atoms with E-state index in [1.165, 1.54) is 11.3 Å². The van der Waals surface area contributed by atoms with E-state index in [1.54, 1.807) is 0 Å². The molecular weight excluding hydrogens is 210 g/mol. The number of nitrogens with zero attached hydrogens (tertiary/aromatic N) is 1. The predicted molar refractivity (Wildman–Crippen MR) is 60.8 cm³/mol. The molecule has 0 fully saturated rings. The van der Waals surface area contributed by atoms with E-state index in [-0.39, 0.29) is 12.3 Å². The second-order valence-electron chi connectivity index (χ2n) is 3.19. The Hall–Kier alpha value is -1.38. The lowest BCUT2D eigenvalue weighted by atomic mass is 10.2. The van der Waals surface area contributed by atoms with Gasteiger partial charge in [-0.15, -0.1) is 11.3 Å². The highest BCUT2D eigenvalue weighted by Gasteiger charge is 2.13. The molecule has 0 spiro atoms. The fraction of sp³-hybridized carbons (Fsp3) is 0.400. The molecule has 0 aromatic carbocycles. The Morgan fingerprint density at radius 3 is 2.80 bits per heavy atom. The van der Waals surface area contributed by atoms with E-state index in [2.05, 4.69) is 11.4 Å². The van der Waals surface area contributed by atoms with Gasteiger partial charge in [-0.2, -0.15) is 5.26 Å². The van der Waals surface area contributed by atoms with Crippen LogP contribution in [-0.2, 0) is 4.79 Å². The molecule has 1 aromatic rings. The zero-order valence-electron chi connectivity index (χ0n) is 8.76. The number of amides is 1. The molecule has 1 amide bonds. The van der Waals surface area contributed by atoms with Crippen LogP contribution in [0, 0.1) is 25.2 Å². The van der Waals surface area contributed by atoms with Crippen LogP contribution in [0.25, 0.3) is 0 Å². The molecule has 0 atom stereocenters. The third kappa shape index (κ3) is 2.55. The maximum absolute atomic E-state index is 11.3. The molecule has 5 heteroatoms. The lowest BCUT2D eigenvalue weighted by molar-refractivity contribution is -0.116. The van der Waals surface area contributed by atoms with Crippen LogP contribution in [-0.4, -0.2) is 12.5 Å². The molecule has 15 heavy (non-hydrogen) atoms. The summed E-state index contributed by atoms with van der Waals surface area (Å²) in [7, 11) is 0. The quantitative estimate of drug-likeness (QED) is 0.815. The minimum absolute atomic E-state index is 0.143.